The van der Waals surface area contributed by atoms with Gasteiger partial charge in [-0.25, -0.2) is 13.1 Å². The van der Waals surface area contributed by atoms with Crippen LogP contribution >= 0.6 is 0 Å². The number of hydrogen-bond acceptors (Lipinski definition) is 4. The minimum absolute atomic E-state index is 0.0185. The standard InChI is InChI=1S/C20H24N4O2S/c1-14(2)19(20-22-21-18-9-5-6-12-24(18)20)23-27(25,26)17-11-10-15-7-3-4-8-16(15)13-17/h5-6,9-14,19,23H,3-4,7-8H2,1-2H3/t19-/m0/s1. The average Bonchev–Trinajstić information content (AvgIpc) is 3.09. The fourth-order valence-corrected chi connectivity index (χ4v) is 5.06. The molecule has 0 amide bonds. The van der Waals surface area contributed by atoms with Crippen molar-refractivity contribution in [2.75, 3.05) is 0 Å². The van der Waals surface area contributed by atoms with E-state index < -0.39 is 16.1 Å². The van der Waals surface area contributed by atoms with E-state index in [1.165, 1.54) is 12.0 Å². The molecule has 7 heteroatoms. The van der Waals surface area contributed by atoms with Crippen LogP contribution in [0.25, 0.3) is 5.65 Å². The minimum Gasteiger partial charge on any atom is -0.285 e. The van der Waals surface area contributed by atoms with Crippen LogP contribution in [0.3, 0.4) is 0 Å². The van der Waals surface area contributed by atoms with Gasteiger partial charge in [0, 0.05) is 6.20 Å². The molecule has 0 radical (unpaired) electrons. The maximum absolute atomic E-state index is 13.1. The zero-order chi connectivity index (χ0) is 19.0. The molecule has 3 aromatic rings. The van der Waals surface area contributed by atoms with Crippen molar-refractivity contribution in [3.05, 3.63) is 59.5 Å². The summed E-state index contributed by atoms with van der Waals surface area (Å²) in [5.74, 6) is 0.618. The molecule has 0 spiro atoms. The normalized spacial score (nSPS) is 15.8. The Morgan fingerprint density at radius 3 is 2.59 bits per heavy atom. The number of aromatic nitrogens is 3. The number of aryl methyl sites for hydroxylation is 2. The van der Waals surface area contributed by atoms with Crippen molar-refractivity contribution in [1.82, 2.24) is 19.3 Å². The van der Waals surface area contributed by atoms with E-state index in [4.69, 9.17) is 0 Å². The molecule has 4 rings (SSSR count). The van der Waals surface area contributed by atoms with Crippen molar-refractivity contribution >= 4 is 15.7 Å². The Hall–Kier alpha value is -2.25. The van der Waals surface area contributed by atoms with E-state index in [9.17, 15) is 8.42 Å². The lowest BCUT2D eigenvalue weighted by Crippen LogP contribution is -2.33. The second-order valence-electron chi connectivity index (χ2n) is 7.47. The molecule has 0 saturated carbocycles. The van der Waals surface area contributed by atoms with Gasteiger partial charge in [0.15, 0.2) is 11.5 Å². The van der Waals surface area contributed by atoms with Gasteiger partial charge >= 0.3 is 0 Å². The minimum atomic E-state index is -3.66. The van der Waals surface area contributed by atoms with Crippen LogP contribution in [0.15, 0.2) is 47.5 Å². The summed E-state index contributed by atoms with van der Waals surface area (Å²) in [6.07, 6.45) is 6.12. The third kappa shape index (κ3) is 3.49. The van der Waals surface area contributed by atoms with E-state index in [-0.39, 0.29) is 5.92 Å². The first-order valence-electron chi connectivity index (χ1n) is 9.39. The zero-order valence-electron chi connectivity index (χ0n) is 15.6. The van der Waals surface area contributed by atoms with Gasteiger partial charge in [0.2, 0.25) is 10.0 Å². The summed E-state index contributed by atoms with van der Waals surface area (Å²) >= 11 is 0. The van der Waals surface area contributed by atoms with Crippen molar-refractivity contribution < 1.29 is 8.42 Å². The molecule has 0 aliphatic heterocycles. The monoisotopic (exact) mass is 384 g/mol. The SMILES string of the molecule is CC(C)[C@H](NS(=O)(=O)c1ccc2c(c1)CCCC2)c1nnc2ccccn12. The van der Waals surface area contributed by atoms with Gasteiger partial charge < -0.3 is 0 Å². The quantitative estimate of drug-likeness (QED) is 0.732. The lowest BCUT2D eigenvalue weighted by Gasteiger charge is -2.22. The summed E-state index contributed by atoms with van der Waals surface area (Å²) in [7, 11) is -3.66. The van der Waals surface area contributed by atoms with Gasteiger partial charge in [0.1, 0.15) is 0 Å². The number of rotatable bonds is 5. The molecule has 0 unspecified atom stereocenters. The number of fused-ring (bicyclic) bond motifs is 2. The highest BCUT2D eigenvalue weighted by molar-refractivity contribution is 7.89. The number of benzene rings is 1. The van der Waals surface area contributed by atoms with Crippen LogP contribution in [-0.4, -0.2) is 23.0 Å². The molecule has 2 heterocycles. The van der Waals surface area contributed by atoms with E-state index in [1.807, 2.05) is 54.8 Å². The molecule has 1 aromatic carbocycles. The fraction of sp³-hybridized carbons (Fsp3) is 0.400. The molecular weight excluding hydrogens is 360 g/mol. The second kappa shape index (κ2) is 7.05. The van der Waals surface area contributed by atoms with Gasteiger partial charge in [0.25, 0.3) is 0 Å². The largest absolute Gasteiger partial charge is 0.285 e. The molecule has 1 N–H and O–H groups in total. The summed E-state index contributed by atoms with van der Waals surface area (Å²) in [5.41, 5.74) is 3.12. The van der Waals surface area contributed by atoms with Gasteiger partial charge in [-0.15, -0.1) is 10.2 Å². The van der Waals surface area contributed by atoms with Gasteiger partial charge in [-0.1, -0.05) is 26.0 Å². The van der Waals surface area contributed by atoms with Crippen LogP contribution in [0.5, 0.6) is 0 Å². The molecule has 142 valence electrons. The van der Waals surface area contributed by atoms with Crippen LogP contribution in [0.2, 0.25) is 0 Å². The molecular formula is C20H24N4O2S. The van der Waals surface area contributed by atoms with E-state index in [0.717, 1.165) is 24.8 Å². The van der Waals surface area contributed by atoms with Gasteiger partial charge in [0.05, 0.1) is 10.9 Å². The number of hydrogen-bond donors (Lipinski definition) is 1. The number of pyridine rings is 1. The number of sulfonamides is 1. The molecule has 2 aromatic heterocycles. The molecule has 6 nitrogen and oxygen atoms in total. The maximum Gasteiger partial charge on any atom is 0.241 e. The van der Waals surface area contributed by atoms with E-state index in [2.05, 4.69) is 14.9 Å². The van der Waals surface area contributed by atoms with E-state index in [0.29, 0.717) is 16.4 Å². The van der Waals surface area contributed by atoms with Crippen LogP contribution < -0.4 is 4.72 Å². The fourth-order valence-electron chi connectivity index (χ4n) is 3.67. The molecule has 1 atom stereocenters. The molecule has 1 aliphatic carbocycles. The van der Waals surface area contributed by atoms with Crippen molar-refractivity contribution in [3.8, 4) is 0 Å². The van der Waals surface area contributed by atoms with Crippen LogP contribution in [0, 0.1) is 5.92 Å². The topological polar surface area (TPSA) is 76.4 Å². The van der Waals surface area contributed by atoms with E-state index >= 15 is 0 Å². The summed E-state index contributed by atoms with van der Waals surface area (Å²) in [4.78, 5) is 0.322. The lowest BCUT2D eigenvalue weighted by atomic mass is 9.92. The molecule has 0 bridgehead atoms. The Morgan fingerprint density at radius 1 is 1.04 bits per heavy atom. The Morgan fingerprint density at radius 2 is 1.81 bits per heavy atom. The predicted octanol–water partition coefficient (Wildman–Crippen LogP) is 3.28. The summed E-state index contributed by atoms with van der Waals surface area (Å²) in [6, 6.07) is 10.7. The van der Waals surface area contributed by atoms with Crippen molar-refractivity contribution in [2.45, 2.75) is 50.5 Å². The molecule has 0 fully saturated rings. The lowest BCUT2D eigenvalue weighted by molar-refractivity contribution is 0.441. The van der Waals surface area contributed by atoms with Gasteiger partial charge in [-0.3, -0.25) is 4.40 Å². The van der Waals surface area contributed by atoms with Crippen LogP contribution in [0.1, 0.15) is 49.7 Å². The number of nitrogens with one attached hydrogen (secondary N) is 1. The van der Waals surface area contributed by atoms with Crippen molar-refractivity contribution in [2.24, 2.45) is 5.92 Å². The molecule has 1 aliphatic rings. The van der Waals surface area contributed by atoms with Crippen molar-refractivity contribution in [3.63, 3.8) is 0 Å². The Balaban J connectivity index is 1.69. The molecule has 0 saturated heterocycles. The van der Waals surface area contributed by atoms with Crippen LogP contribution in [0.4, 0.5) is 0 Å². The zero-order valence-corrected chi connectivity index (χ0v) is 16.4. The van der Waals surface area contributed by atoms with Gasteiger partial charge in [-0.2, -0.15) is 0 Å². The Labute approximate surface area is 159 Å². The first-order valence-corrected chi connectivity index (χ1v) is 10.9. The Bertz CT molecular complexity index is 1070. The average molecular weight is 385 g/mol. The van der Waals surface area contributed by atoms with Crippen LogP contribution in [-0.2, 0) is 22.9 Å². The maximum atomic E-state index is 13.1. The van der Waals surface area contributed by atoms with E-state index in [1.54, 1.807) is 6.07 Å². The third-order valence-corrected chi connectivity index (χ3v) is 6.64. The highest BCUT2D eigenvalue weighted by atomic mass is 32.2. The smallest absolute Gasteiger partial charge is 0.241 e. The first-order chi connectivity index (χ1) is 13.0. The highest BCUT2D eigenvalue weighted by Gasteiger charge is 2.28. The second-order valence-corrected chi connectivity index (χ2v) is 9.18. The summed E-state index contributed by atoms with van der Waals surface area (Å²) < 4.78 is 30.9. The summed E-state index contributed by atoms with van der Waals surface area (Å²) in [6.45, 7) is 3.95. The van der Waals surface area contributed by atoms with Crippen molar-refractivity contribution in [1.29, 1.82) is 0 Å². The highest BCUT2D eigenvalue weighted by Crippen LogP contribution is 2.27. The molecule has 27 heavy (non-hydrogen) atoms. The van der Waals surface area contributed by atoms with Gasteiger partial charge in [-0.05, 0) is 67.0 Å². The summed E-state index contributed by atoms with van der Waals surface area (Å²) in [5, 5.41) is 8.41. The Kier molecular flexibility index (Phi) is 4.74. The predicted molar refractivity (Wildman–Crippen MR) is 104 cm³/mol. The number of nitrogens with zero attached hydrogens (tertiary/aromatic N) is 3. The third-order valence-electron chi connectivity index (χ3n) is 5.20. The first kappa shape index (κ1) is 18.1.